The molecule has 1 aromatic rings. The quantitative estimate of drug-likeness (QED) is 0.789. The Hall–Kier alpha value is -1.24. The lowest BCUT2D eigenvalue weighted by Crippen LogP contribution is -2.43. The molecule has 7 heteroatoms. The molecule has 2 rings (SSSR count). The third-order valence-corrected chi connectivity index (χ3v) is 4.65. The van der Waals surface area contributed by atoms with Crippen LogP contribution in [-0.2, 0) is 6.42 Å². The second kappa shape index (κ2) is 8.41. The minimum atomic E-state index is -0.0624. The molecule has 0 bridgehead atoms. The zero-order chi connectivity index (χ0) is 15.9. The van der Waals surface area contributed by atoms with Gasteiger partial charge in [-0.05, 0) is 32.9 Å². The largest absolute Gasteiger partial charge is 0.338 e. The highest BCUT2D eigenvalue weighted by molar-refractivity contribution is 7.98. The van der Waals surface area contributed by atoms with Crippen LogP contribution < -0.4 is 10.6 Å². The number of urea groups is 1. The van der Waals surface area contributed by atoms with Gasteiger partial charge in [-0.2, -0.15) is 0 Å². The van der Waals surface area contributed by atoms with Gasteiger partial charge in [-0.1, -0.05) is 31.0 Å². The molecule has 0 aliphatic heterocycles. The van der Waals surface area contributed by atoms with Gasteiger partial charge in [0.05, 0.1) is 0 Å². The van der Waals surface area contributed by atoms with Crippen molar-refractivity contribution in [3.8, 4) is 0 Å². The van der Waals surface area contributed by atoms with E-state index in [0.29, 0.717) is 25.0 Å². The summed E-state index contributed by atoms with van der Waals surface area (Å²) < 4.78 is 2.13. The second-order valence-corrected chi connectivity index (χ2v) is 6.83. The molecule has 1 saturated carbocycles. The fraction of sp³-hybridized carbons (Fsp3) is 0.800. The summed E-state index contributed by atoms with van der Waals surface area (Å²) in [5.74, 6) is 0.928. The Morgan fingerprint density at radius 3 is 2.68 bits per heavy atom. The molecule has 0 atom stereocenters. The summed E-state index contributed by atoms with van der Waals surface area (Å²) in [7, 11) is 0. The fourth-order valence-electron chi connectivity index (χ4n) is 2.91. The normalized spacial score (nSPS) is 16.0. The van der Waals surface area contributed by atoms with Crippen LogP contribution in [-0.4, -0.2) is 39.6 Å². The highest BCUT2D eigenvalue weighted by Crippen LogP contribution is 2.19. The number of carbonyl (C=O) groups is 1. The molecule has 2 amide bonds. The SMILES string of the molecule is CSc1nnc(CCNC(=O)NC2CCCCC2)n1C(C)C. The molecule has 0 saturated heterocycles. The maximum absolute atomic E-state index is 11.9. The molecule has 0 aromatic carbocycles. The van der Waals surface area contributed by atoms with Crippen LogP contribution in [0, 0.1) is 0 Å². The van der Waals surface area contributed by atoms with Crippen molar-refractivity contribution in [1.82, 2.24) is 25.4 Å². The predicted molar refractivity (Wildman–Crippen MR) is 89.3 cm³/mol. The number of hydrogen-bond acceptors (Lipinski definition) is 4. The smallest absolute Gasteiger partial charge is 0.315 e. The molecule has 1 fully saturated rings. The minimum Gasteiger partial charge on any atom is -0.338 e. The molecule has 22 heavy (non-hydrogen) atoms. The summed E-state index contributed by atoms with van der Waals surface area (Å²) in [6.45, 7) is 4.82. The lowest BCUT2D eigenvalue weighted by atomic mass is 9.96. The molecule has 0 radical (unpaired) electrons. The molecular weight excluding hydrogens is 298 g/mol. The first kappa shape index (κ1) is 17.1. The number of carbonyl (C=O) groups excluding carboxylic acids is 1. The van der Waals surface area contributed by atoms with Crippen LogP contribution in [0.1, 0.15) is 57.8 Å². The van der Waals surface area contributed by atoms with Crippen molar-refractivity contribution >= 4 is 17.8 Å². The van der Waals surface area contributed by atoms with Gasteiger partial charge in [-0.15, -0.1) is 10.2 Å². The summed E-state index contributed by atoms with van der Waals surface area (Å²) in [5, 5.41) is 15.4. The Kier molecular flexibility index (Phi) is 6.54. The van der Waals surface area contributed by atoms with Crippen LogP contribution in [0.3, 0.4) is 0 Å². The third kappa shape index (κ3) is 4.63. The number of hydrogen-bond donors (Lipinski definition) is 2. The van der Waals surface area contributed by atoms with E-state index in [1.54, 1.807) is 11.8 Å². The van der Waals surface area contributed by atoms with Crippen molar-refractivity contribution in [3.05, 3.63) is 5.82 Å². The molecule has 2 N–H and O–H groups in total. The topological polar surface area (TPSA) is 71.8 Å². The van der Waals surface area contributed by atoms with Crippen LogP contribution in [0.2, 0.25) is 0 Å². The number of rotatable bonds is 6. The summed E-state index contributed by atoms with van der Waals surface area (Å²) in [4.78, 5) is 11.9. The van der Waals surface area contributed by atoms with Crippen molar-refractivity contribution < 1.29 is 4.79 Å². The molecule has 0 spiro atoms. The zero-order valence-electron chi connectivity index (χ0n) is 13.8. The first-order valence-corrected chi connectivity index (χ1v) is 9.36. The highest BCUT2D eigenvalue weighted by atomic mass is 32.2. The zero-order valence-corrected chi connectivity index (χ0v) is 14.6. The summed E-state index contributed by atoms with van der Waals surface area (Å²) in [6.07, 6.45) is 8.65. The molecule has 124 valence electrons. The van der Waals surface area contributed by atoms with Gasteiger partial charge in [0.2, 0.25) is 0 Å². The molecule has 1 heterocycles. The van der Waals surface area contributed by atoms with Crippen molar-refractivity contribution in [1.29, 1.82) is 0 Å². The van der Waals surface area contributed by atoms with E-state index < -0.39 is 0 Å². The Morgan fingerprint density at radius 1 is 1.32 bits per heavy atom. The summed E-state index contributed by atoms with van der Waals surface area (Å²) in [6, 6.07) is 0.604. The number of aromatic nitrogens is 3. The predicted octanol–water partition coefficient (Wildman–Crippen LogP) is 2.76. The van der Waals surface area contributed by atoms with Crippen molar-refractivity contribution in [3.63, 3.8) is 0 Å². The van der Waals surface area contributed by atoms with Crippen molar-refractivity contribution in [2.24, 2.45) is 0 Å². The number of nitrogens with one attached hydrogen (secondary N) is 2. The molecule has 1 aliphatic carbocycles. The van der Waals surface area contributed by atoms with E-state index in [4.69, 9.17) is 0 Å². The molecular formula is C15H27N5OS. The van der Waals surface area contributed by atoms with E-state index >= 15 is 0 Å². The average Bonchev–Trinajstić information content (AvgIpc) is 2.91. The van der Waals surface area contributed by atoms with Crippen molar-refractivity contribution in [2.75, 3.05) is 12.8 Å². The second-order valence-electron chi connectivity index (χ2n) is 6.05. The lowest BCUT2D eigenvalue weighted by molar-refractivity contribution is 0.232. The monoisotopic (exact) mass is 325 g/mol. The van der Waals surface area contributed by atoms with Gasteiger partial charge in [0.25, 0.3) is 0 Å². The van der Waals surface area contributed by atoms with Crippen LogP contribution >= 0.6 is 11.8 Å². The Bertz CT molecular complexity index is 482. The number of amides is 2. The van der Waals surface area contributed by atoms with Gasteiger partial charge in [0.15, 0.2) is 5.16 Å². The van der Waals surface area contributed by atoms with E-state index in [2.05, 4.69) is 39.2 Å². The lowest BCUT2D eigenvalue weighted by Gasteiger charge is -2.22. The van der Waals surface area contributed by atoms with E-state index in [-0.39, 0.29) is 6.03 Å². The Labute approximate surface area is 136 Å². The maximum atomic E-state index is 11.9. The van der Waals surface area contributed by atoms with E-state index in [1.807, 2.05) is 6.26 Å². The standard InChI is InChI=1S/C15H27N5OS/c1-11(2)20-13(18-19-15(20)22-3)9-10-16-14(21)17-12-7-5-4-6-8-12/h11-12H,4-10H2,1-3H3,(H2,16,17,21). The van der Waals surface area contributed by atoms with Crippen molar-refractivity contribution in [2.45, 2.75) is 69.6 Å². The third-order valence-electron chi connectivity index (χ3n) is 4.01. The van der Waals surface area contributed by atoms with E-state index in [9.17, 15) is 4.79 Å². The Morgan fingerprint density at radius 2 is 2.05 bits per heavy atom. The van der Waals surface area contributed by atoms with Gasteiger partial charge >= 0.3 is 6.03 Å². The summed E-state index contributed by atoms with van der Waals surface area (Å²) >= 11 is 1.60. The summed E-state index contributed by atoms with van der Waals surface area (Å²) in [5.41, 5.74) is 0. The van der Waals surface area contributed by atoms with Gasteiger partial charge in [-0.3, -0.25) is 0 Å². The van der Waals surface area contributed by atoms with Crippen LogP contribution in [0.25, 0.3) is 0 Å². The van der Waals surface area contributed by atoms with Crippen LogP contribution in [0.15, 0.2) is 5.16 Å². The van der Waals surface area contributed by atoms with E-state index in [1.165, 1.54) is 19.3 Å². The molecule has 0 unspecified atom stereocenters. The highest BCUT2D eigenvalue weighted by Gasteiger charge is 2.16. The van der Waals surface area contributed by atoms with Gasteiger partial charge in [0, 0.05) is 25.0 Å². The number of thioether (sulfide) groups is 1. The number of nitrogens with zero attached hydrogens (tertiary/aromatic N) is 3. The maximum Gasteiger partial charge on any atom is 0.315 e. The fourth-order valence-corrected chi connectivity index (χ4v) is 3.54. The first-order chi connectivity index (χ1) is 10.6. The Balaban J connectivity index is 1.78. The van der Waals surface area contributed by atoms with Gasteiger partial charge in [0.1, 0.15) is 5.82 Å². The molecule has 1 aromatic heterocycles. The minimum absolute atomic E-state index is 0.0624. The van der Waals surface area contributed by atoms with Gasteiger partial charge < -0.3 is 15.2 Å². The average molecular weight is 325 g/mol. The first-order valence-electron chi connectivity index (χ1n) is 8.14. The van der Waals surface area contributed by atoms with E-state index in [0.717, 1.165) is 23.8 Å². The van der Waals surface area contributed by atoms with Crippen LogP contribution in [0.4, 0.5) is 4.79 Å². The van der Waals surface area contributed by atoms with Gasteiger partial charge in [-0.25, -0.2) is 4.79 Å². The molecule has 1 aliphatic rings. The van der Waals surface area contributed by atoms with Crippen LogP contribution in [0.5, 0.6) is 0 Å². The molecule has 6 nitrogen and oxygen atoms in total.